The summed E-state index contributed by atoms with van der Waals surface area (Å²) in [5.41, 5.74) is 1.33. The lowest BCUT2D eigenvalue weighted by Gasteiger charge is -1.93. The first kappa shape index (κ1) is 8.75. The molecule has 0 aliphatic rings. The van der Waals surface area contributed by atoms with E-state index in [1.165, 1.54) is 14.2 Å². The summed E-state index contributed by atoms with van der Waals surface area (Å²) in [5.74, 6) is 0. The summed E-state index contributed by atoms with van der Waals surface area (Å²) in [6.07, 6.45) is 0. The third-order valence-electron chi connectivity index (χ3n) is 1.27. The lowest BCUT2D eigenvalue weighted by molar-refractivity contribution is 1.16. The molecule has 0 saturated heterocycles. The molecule has 0 radical (unpaired) electrons. The van der Waals surface area contributed by atoms with Gasteiger partial charge in [0.25, 0.3) is 0 Å². The van der Waals surface area contributed by atoms with Gasteiger partial charge in [0.1, 0.15) is 0 Å². The van der Waals surface area contributed by atoms with Crippen molar-refractivity contribution in [1.29, 1.82) is 0 Å². The van der Waals surface area contributed by atoms with Crippen molar-refractivity contribution in [2.24, 2.45) is 0 Å². The molecule has 1 aromatic heterocycles. The van der Waals surface area contributed by atoms with Gasteiger partial charge < -0.3 is 0 Å². The van der Waals surface area contributed by atoms with Crippen molar-refractivity contribution in [3.63, 3.8) is 0 Å². The number of aryl methyl sites for hydroxylation is 1. The average molecular weight is 284 g/mol. The second-order valence-corrected chi connectivity index (χ2v) is 6.00. The van der Waals surface area contributed by atoms with E-state index in [2.05, 4.69) is 51.8 Å². The zero-order chi connectivity index (χ0) is 7.72. The third kappa shape index (κ3) is 1.83. The molecule has 0 nitrogen and oxygen atoms in total. The highest BCUT2D eigenvalue weighted by Crippen LogP contribution is 2.34. The number of thiophene rings is 1. The standard InChI is InChI=1S/C7H8Br2S/c1-4-3-6(5(2)8)10-7(4)9/h3,5H,1-2H3. The highest BCUT2D eigenvalue weighted by molar-refractivity contribution is 9.11. The highest BCUT2D eigenvalue weighted by atomic mass is 79.9. The SMILES string of the molecule is Cc1cc(C(C)Br)sc1Br. The van der Waals surface area contributed by atoms with Gasteiger partial charge in [0, 0.05) is 9.70 Å². The maximum Gasteiger partial charge on any atom is 0.0730 e. The number of rotatable bonds is 1. The minimum Gasteiger partial charge on any atom is -0.132 e. The highest BCUT2D eigenvalue weighted by Gasteiger charge is 2.06. The van der Waals surface area contributed by atoms with E-state index in [0.29, 0.717) is 4.83 Å². The quantitative estimate of drug-likeness (QED) is 0.675. The monoisotopic (exact) mass is 282 g/mol. The number of hydrogen-bond donors (Lipinski definition) is 0. The molecule has 0 spiro atoms. The molecular formula is C7H8Br2S. The molecule has 0 fully saturated rings. The van der Waals surface area contributed by atoms with Gasteiger partial charge in [-0.05, 0) is 41.4 Å². The largest absolute Gasteiger partial charge is 0.132 e. The Morgan fingerprint density at radius 3 is 2.40 bits per heavy atom. The molecule has 1 rings (SSSR count). The van der Waals surface area contributed by atoms with Crippen molar-refractivity contribution in [3.8, 4) is 0 Å². The normalized spacial score (nSPS) is 13.6. The summed E-state index contributed by atoms with van der Waals surface area (Å²) in [6, 6.07) is 2.20. The van der Waals surface area contributed by atoms with Crippen molar-refractivity contribution < 1.29 is 0 Å². The molecule has 1 unspecified atom stereocenters. The van der Waals surface area contributed by atoms with Crippen molar-refractivity contribution in [3.05, 3.63) is 20.3 Å². The van der Waals surface area contributed by atoms with Gasteiger partial charge in [-0.2, -0.15) is 0 Å². The number of hydrogen-bond acceptors (Lipinski definition) is 1. The number of halogens is 2. The van der Waals surface area contributed by atoms with Crippen LogP contribution in [-0.2, 0) is 0 Å². The van der Waals surface area contributed by atoms with E-state index in [1.807, 2.05) is 0 Å². The van der Waals surface area contributed by atoms with Crippen molar-refractivity contribution in [2.75, 3.05) is 0 Å². The van der Waals surface area contributed by atoms with E-state index < -0.39 is 0 Å². The predicted octanol–water partition coefficient (Wildman–Crippen LogP) is 4.27. The maximum atomic E-state index is 3.52. The van der Waals surface area contributed by atoms with Gasteiger partial charge in [-0.15, -0.1) is 11.3 Å². The zero-order valence-electron chi connectivity index (χ0n) is 5.82. The second-order valence-electron chi connectivity index (χ2n) is 2.22. The lowest BCUT2D eigenvalue weighted by Crippen LogP contribution is -1.72. The average Bonchev–Trinajstić information content (AvgIpc) is 2.13. The Bertz CT molecular complexity index is 208. The molecule has 0 saturated carbocycles. The maximum absolute atomic E-state index is 3.52. The van der Waals surface area contributed by atoms with Crippen LogP contribution in [0.1, 0.15) is 22.2 Å². The first-order valence-corrected chi connectivity index (χ1v) is 5.53. The Hall–Kier alpha value is 0.660. The zero-order valence-corrected chi connectivity index (χ0v) is 9.81. The fourth-order valence-corrected chi connectivity index (χ4v) is 2.59. The van der Waals surface area contributed by atoms with Gasteiger partial charge in [-0.3, -0.25) is 0 Å². The van der Waals surface area contributed by atoms with Crippen LogP contribution in [0.25, 0.3) is 0 Å². The Kier molecular flexibility index (Phi) is 2.95. The summed E-state index contributed by atoms with van der Waals surface area (Å²) in [5, 5.41) is 0. The van der Waals surface area contributed by atoms with Crippen molar-refractivity contribution >= 4 is 43.2 Å². The van der Waals surface area contributed by atoms with E-state index in [9.17, 15) is 0 Å². The van der Waals surface area contributed by atoms with Gasteiger partial charge in [0.15, 0.2) is 0 Å². The summed E-state index contributed by atoms with van der Waals surface area (Å²) < 4.78 is 1.24. The molecule has 0 amide bonds. The van der Waals surface area contributed by atoms with Crippen LogP contribution in [0.4, 0.5) is 0 Å². The first-order chi connectivity index (χ1) is 4.61. The molecule has 1 heterocycles. The van der Waals surface area contributed by atoms with Crippen LogP contribution >= 0.6 is 43.2 Å². The molecule has 1 atom stereocenters. The number of alkyl halides is 1. The first-order valence-electron chi connectivity index (χ1n) is 3.01. The summed E-state index contributed by atoms with van der Waals surface area (Å²) in [6.45, 7) is 4.25. The summed E-state index contributed by atoms with van der Waals surface area (Å²) >= 11 is 8.79. The van der Waals surface area contributed by atoms with Crippen LogP contribution in [0.5, 0.6) is 0 Å². The Labute approximate surface area is 81.9 Å². The van der Waals surface area contributed by atoms with Gasteiger partial charge in [0.2, 0.25) is 0 Å². The van der Waals surface area contributed by atoms with Crippen molar-refractivity contribution in [1.82, 2.24) is 0 Å². The molecule has 56 valence electrons. The van der Waals surface area contributed by atoms with Crippen LogP contribution in [0.3, 0.4) is 0 Å². The van der Waals surface area contributed by atoms with E-state index in [1.54, 1.807) is 11.3 Å². The third-order valence-corrected chi connectivity index (χ3v) is 4.38. The van der Waals surface area contributed by atoms with E-state index in [0.717, 1.165) is 0 Å². The molecule has 0 bridgehead atoms. The topological polar surface area (TPSA) is 0 Å². The Morgan fingerprint density at radius 1 is 1.60 bits per heavy atom. The molecule has 0 aromatic carbocycles. The van der Waals surface area contributed by atoms with E-state index >= 15 is 0 Å². The minimum atomic E-state index is 0.475. The second kappa shape index (κ2) is 3.37. The van der Waals surface area contributed by atoms with Crippen LogP contribution < -0.4 is 0 Å². The summed E-state index contributed by atoms with van der Waals surface area (Å²) in [4.78, 5) is 1.85. The molecule has 0 N–H and O–H groups in total. The predicted molar refractivity (Wildman–Crippen MR) is 54.1 cm³/mol. The van der Waals surface area contributed by atoms with E-state index in [4.69, 9.17) is 0 Å². The molecule has 3 heteroatoms. The van der Waals surface area contributed by atoms with E-state index in [-0.39, 0.29) is 0 Å². The Morgan fingerprint density at radius 2 is 2.20 bits per heavy atom. The van der Waals surface area contributed by atoms with Gasteiger partial charge in [-0.1, -0.05) is 15.9 Å². The van der Waals surface area contributed by atoms with Gasteiger partial charge in [-0.25, -0.2) is 0 Å². The van der Waals surface area contributed by atoms with Crippen LogP contribution in [0, 0.1) is 6.92 Å². The summed E-state index contributed by atoms with van der Waals surface area (Å²) in [7, 11) is 0. The van der Waals surface area contributed by atoms with Crippen LogP contribution in [0.2, 0.25) is 0 Å². The fourth-order valence-electron chi connectivity index (χ4n) is 0.680. The molecule has 10 heavy (non-hydrogen) atoms. The smallest absolute Gasteiger partial charge is 0.0730 e. The van der Waals surface area contributed by atoms with Gasteiger partial charge >= 0.3 is 0 Å². The molecule has 0 aliphatic heterocycles. The minimum absolute atomic E-state index is 0.475. The Balaban J connectivity index is 2.98. The van der Waals surface area contributed by atoms with Crippen LogP contribution in [0.15, 0.2) is 9.85 Å². The lowest BCUT2D eigenvalue weighted by atomic mass is 10.3. The van der Waals surface area contributed by atoms with Gasteiger partial charge in [0.05, 0.1) is 3.79 Å². The van der Waals surface area contributed by atoms with Crippen molar-refractivity contribution in [2.45, 2.75) is 18.7 Å². The fraction of sp³-hybridized carbons (Fsp3) is 0.429. The molecular weight excluding hydrogens is 276 g/mol. The van der Waals surface area contributed by atoms with Crippen LogP contribution in [-0.4, -0.2) is 0 Å². The molecule has 1 aromatic rings. The molecule has 0 aliphatic carbocycles.